The maximum Gasteiger partial charge on any atom is 0.272 e. The zero-order valence-corrected chi connectivity index (χ0v) is 16.7. The third-order valence-corrected chi connectivity index (χ3v) is 5.06. The Hall–Kier alpha value is -3.92. The van der Waals surface area contributed by atoms with Crippen molar-refractivity contribution in [3.8, 4) is 6.07 Å². The molecule has 1 fully saturated rings. The van der Waals surface area contributed by atoms with E-state index in [1.807, 2.05) is 29.2 Å². The number of benzene rings is 2. The Morgan fingerprint density at radius 3 is 2.43 bits per heavy atom. The molecule has 0 unspecified atom stereocenters. The van der Waals surface area contributed by atoms with Gasteiger partial charge in [-0.3, -0.25) is 4.79 Å². The van der Waals surface area contributed by atoms with Crippen LogP contribution in [0, 0.1) is 18.3 Å². The maximum absolute atomic E-state index is 13.1. The Balaban J connectivity index is 1.48. The number of nitrogens with zero attached hydrogens (tertiary/aromatic N) is 5. The van der Waals surface area contributed by atoms with Crippen LogP contribution in [0.2, 0.25) is 0 Å². The molecule has 0 spiro atoms. The summed E-state index contributed by atoms with van der Waals surface area (Å²) in [6.45, 7) is 4.58. The molecule has 4 rings (SSSR count). The number of aromatic nitrogens is 2. The molecule has 1 saturated heterocycles. The highest BCUT2D eigenvalue weighted by atomic mass is 16.2. The van der Waals surface area contributed by atoms with E-state index < -0.39 is 0 Å². The number of amides is 1. The van der Waals surface area contributed by atoms with Gasteiger partial charge in [-0.2, -0.15) is 5.26 Å². The van der Waals surface area contributed by atoms with Crippen LogP contribution in [0.4, 0.5) is 17.2 Å². The number of rotatable bonds is 4. The average molecular weight is 398 g/mol. The lowest BCUT2D eigenvalue weighted by Gasteiger charge is -2.36. The molecular formula is C23H22N6O. The number of nitrogens with one attached hydrogen (secondary N) is 1. The first-order chi connectivity index (χ1) is 14.6. The molecule has 7 heteroatoms. The van der Waals surface area contributed by atoms with Crippen molar-refractivity contribution >= 4 is 23.1 Å². The van der Waals surface area contributed by atoms with Gasteiger partial charge >= 0.3 is 0 Å². The van der Waals surface area contributed by atoms with Gasteiger partial charge in [0.15, 0.2) is 0 Å². The van der Waals surface area contributed by atoms with Gasteiger partial charge in [0.25, 0.3) is 5.91 Å². The molecule has 150 valence electrons. The number of piperazine rings is 1. The van der Waals surface area contributed by atoms with E-state index in [-0.39, 0.29) is 5.91 Å². The van der Waals surface area contributed by atoms with Crippen molar-refractivity contribution in [2.24, 2.45) is 0 Å². The molecule has 2 heterocycles. The van der Waals surface area contributed by atoms with Crippen molar-refractivity contribution < 1.29 is 4.79 Å². The molecule has 0 saturated carbocycles. The van der Waals surface area contributed by atoms with Crippen LogP contribution in [0.25, 0.3) is 0 Å². The average Bonchev–Trinajstić information content (AvgIpc) is 2.79. The monoisotopic (exact) mass is 398 g/mol. The summed E-state index contributed by atoms with van der Waals surface area (Å²) in [5.41, 5.74) is 2.68. The summed E-state index contributed by atoms with van der Waals surface area (Å²) in [5.74, 6) is 0.891. The van der Waals surface area contributed by atoms with Crippen LogP contribution in [-0.4, -0.2) is 47.0 Å². The van der Waals surface area contributed by atoms with Crippen molar-refractivity contribution in [3.63, 3.8) is 0 Å². The Morgan fingerprint density at radius 2 is 1.70 bits per heavy atom. The molecule has 1 aliphatic rings. The predicted molar refractivity (Wildman–Crippen MR) is 116 cm³/mol. The molecule has 2 aromatic carbocycles. The molecule has 0 aliphatic carbocycles. The molecule has 1 aliphatic heterocycles. The summed E-state index contributed by atoms with van der Waals surface area (Å²) in [5, 5.41) is 12.4. The van der Waals surface area contributed by atoms with Crippen LogP contribution in [0.3, 0.4) is 0 Å². The van der Waals surface area contributed by atoms with Crippen molar-refractivity contribution in [3.05, 3.63) is 77.7 Å². The van der Waals surface area contributed by atoms with Crippen LogP contribution >= 0.6 is 0 Å². The molecule has 1 N–H and O–H groups in total. The first-order valence-electron chi connectivity index (χ1n) is 9.85. The van der Waals surface area contributed by atoms with E-state index in [1.165, 1.54) is 5.69 Å². The van der Waals surface area contributed by atoms with E-state index in [2.05, 4.69) is 38.4 Å². The van der Waals surface area contributed by atoms with Gasteiger partial charge in [-0.15, -0.1) is 0 Å². The van der Waals surface area contributed by atoms with Gasteiger partial charge in [0, 0.05) is 37.9 Å². The minimum atomic E-state index is -0.107. The molecule has 3 aromatic rings. The van der Waals surface area contributed by atoms with Gasteiger partial charge in [-0.05, 0) is 31.2 Å². The summed E-state index contributed by atoms with van der Waals surface area (Å²) in [4.78, 5) is 25.9. The van der Waals surface area contributed by atoms with Crippen LogP contribution in [0.15, 0.2) is 60.7 Å². The zero-order valence-electron chi connectivity index (χ0n) is 16.7. The summed E-state index contributed by atoms with van der Waals surface area (Å²) in [6, 6.07) is 21.2. The van der Waals surface area contributed by atoms with E-state index in [0.29, 0.717) is 41.7 Å². The molecule has 30 heavy (non-hydrogen) atoms. The fraction of sp³-hybridized carbons (Fsp3) is 0.217. The van der Waals surface area contributed by atoms with Gasteiger partial charge in [0.05, 0.1) is 11.3 Å². The lowest BCUT2D eigenvalue weighted by atomic mass is 10.2. The quantitative estimate of drug-likeness (QED) is 0.725. The second kappa shape index (κ2) is 8.62. The van der Waals surface area contributed by atoms with E-state index in [0.717, 1.165) is 13.1 Å². The Bertz CT molecular complexity index is 1080. The molecule has 1 amide bonds. The molecular weight excluding hydrogens is 376 g/mol. The summed E-state index contributed by atoms with van der Waals surface area (Å²) < 4.78 is 0. The number of hydrogen-bond acceptors (Lipinski definition) is 6. The van der Waals surface area contributed by atoms with Crippen LogP contribution in [0.5, 0.6) is 0 Å². The van der Waals surface area contributed by atoms with E-state index in [4.69, 9.17) is 0 Å². The first-order valence-corrected chi connectivity index (χ1v) is 9.85. The number of para-hydroxylation sites is 2. The summed E-state index contributed by atoms with van der Waals surface area (Å²) in [6.07, 6.45) is 0. The fourth-order valence-electron chi connectivity index (χ4n) is 3.54. The summed E-state index contributed by atoms with van der Waals surface area (Å²) >= 11 is 0. The van der Waals surface area contributed by atoms with E-state index >= 15 is 0 Å². The number of carbonyl (C=O) groups is 1. The van der Waals surface area contributed by atoms with Crippen molar-refractivity contribution in [1.29, 1.82) is 5.26 Å². The number of aryl methyl sites for hydroxylation is 1. The van der Waals surface area contributed by atoms with Gasteiger partial charge in [0.1, 0.15) is 23.4 Å². The Morgan fingerprint density at radius 1 is 1.00 bits per heavy atom. The zero-order chi connectivity index (χ0) is 20.9. The van der Waals surface area contributed by atoms with E-state index in [1.54, 1.807) is 31.2 Å². The molecule has 0 radical (unpaired) electrons. The van der Waals surface area contributed by atoms with Crippen LogP contribution < -0.4 is 10.2 Å². The molecule has 0 atom stereocenters. The molecule has 0 bridgehead atoms. The maximum atomic E-state index is 13.1. The summed E-state index contributed by atoms with van der Waals surface area (Å²) in [7, 11) is 0. The SMILES string of the molecule is Cc1nc(Nc2ccccc2C#N)cc(C(=O)N2CCN(c3ccccc3)CC2)n1. The van der Waals surface area contributed by atoms with Gasteiger partial charge in [0.2, 0.25) is 0 Å². The predicted octanol–water partition coefficient (Wildman–Crippen LogP) is 3.36. The highest BCUT2D eigenvalue weighted by molar-refractivity contribution is 5.93. The van der Waals surface area contributed by atoms with Crippen LogP contribution in [-0.2, 0) is 0 Å². The van der Waals surface area contributed by atoms with Crippen molar-refractivity contribution in [2.45, 2.75) is 6.92 Å². The van der Waals surface area contributed by atoms with Crippen LogP contribution in [0.1, 0.15) is 21.9 Å². The lowest BCUT2D eigenvalue weighted by Crippen LogP contribution is -2.49. The van der Waals surface area contributed by atoms with E-state index in [9.17, 15) is 10.1 Å². The molecule has 1 aromatic heterocycles. The minimum Gasteiger partial charge on any atom is -0.368 e. The van der Waals surface area contributed by atoms with Gasteiger partial charge < -0.3 is 15.1 Å². The normalized spacial score (nSPS) is 13.6. The largest absolute Gasteiger partial charge is 0.368 e. The van der Waals surface area contributed by atoms with Gasteiger partial charge in [-0.25, -0.2) is 9.97 Å². The lowest BCUT2D eigenvalue weighted by molar-refractivity contribution is 0.0740. The third kappa shape index (κ3) is 4.23. The second-order valence-electron chi connectivity index (χ2n) is 7.08. The third-order valence-electron chi connectivity index (χ3n) is 5.06. The smallest absolute Gasteiger partial charge is 0.272 e. The molecule has 7 nitrogen and oxygen atoms in total. The van der Waals surface area contributed by atoms with Crippen molar-refractivity contribution in [2.75, 3.05) is 36.4 Å². The second-order valence-corrected chi connectivity index (χ2v) is 7.08. The Kier molecular flexibility index (Phi) is 5.57. The standard InChI is InChI=1S/C23H22N6O/c1-17-25-21(15-22(26-17)27-20-10-6-5-7-18(20)16-24)23(30)29-13-11-28(12-14-29)19-8-3-2-4-9-19/h2-10,15H,11-14H2,1H3,(H,25,26,27). The number of hydrogen-bond donors (Lipinski definition) is 1. The topological polar surface area (TPSA) is 85.1 Å². The number of anilines is 3. The van der Waals surface area contributed by atoms with Crippen molar-refractivity contribution in [1.82, 2.24) is 14.9 Å². The van der Waals surface area contributed by atoms with Gasteiger partial charge in [-0.1, -0.05) is 30.3 Å². The number of carbonyl (C=O) groups excluding carboxylic acids is 1. The first kappa shape index (κ1) is 19.4. The highest BCUT2D eigenvalue weighted by Gasteiger charge is 2.24. The highest BCUT2D eigenvalue weighted by Crippen LogP contribution is 2.21. The Labute approximate surface area is 175 Å². The fourth-order valence-corrected chi connectivity index (χ4v) is 3.54. The minimum absolute atomic E-state index is 0.107. The number of nitriles is 1.